The Morgan fingerprint density at radius 2 is 2.16 bits per heavy atom. The molecule has 1 aliphatic carbocycles. The molecule has 0 saturated heterocycles. The molecule has 2 aromatic rings. The quantitative estimate of drug-likeness (QED) is 0.760. The summed E-state index contributed by atoms with van der Waals surface area (Å²) in [6, 6.07) is 0. The van der Waals surface area contributed by atoms with Crippen LogP contribution in [0.15, 0.2) is 18.9 Å². The number of hydrogen-bond acceptors (Lipinski definition) is 5. The second-order valence-corrected chi connectivity index (χ2v) is 4.47. The van der Waals surface area contributed by atoms with Gasteiger partial charge in [-0.05, 0) is 25.7 Å². The number of carbonyl (C=O) groups excluding carboxylic acids is 1. The zero-order chi connectivity index (χ0) is 13.2. The highest BCUT2D eigenvalue weighted by Crippen LogP contribution is 2.23. The van der Waals surface area contributed by atoms with Crippen LogP contribution in [0.5, 0.6) is 0 Å². The zero-order valence-electron chi connectivity index (χ0n) is 10.7. The summed E-state index contributed by atoms with van der Waals surface area (Å²) in [6.45, 7) is 0. The number of nitrogens with zero attached hydrogens (tertiary/aromatic N) is 4. The Bertz CT molecular complexity index is 621. The fourth-order valence-corrected chi connectivity index (χ4v) is 2.42. The molecule has 2 aromatic heterocycles. The van der Waals surface area contributed by atoms with Crippen LogP contribution in [0.3, 0.4) is 0 Å². The monoisotopic (exact) mass is 258 g/mol. The van der Waals surface area contributed by atoms with Crippen molar-refractivity contribution in [3.8, 4) is 5.82 Å². The zero-order valence-corrected chi connectivity index (χ0v) is 10.7. The second kappa shape index (κ2) is 4.79. The number of ether oxygens (including phenoxy) is 1. The molecule has 6 heteroatoms. The third kappa shape index (κ3) is 1.99. The Labute approximate surface area is 110 Å². The van der Waals surface area contributed by atoms with Gasteiger partial charge in [0.05, 0.1) is 12.8 Å². The van der Waals surface area contributed by atoms with Crippen molar-refractivity contribution in [2.24, 2.45) is 0 Å². The van der Waals surface area contributed by atoms with Gasteiger partial charge in [-0.3, -0.25) is 4.57 Å². The predicted octanol–water partition coefficient (Wildman–Crippen LogP) is 1.33. The second-order valence-electron chi connectivity index (χ2n) is 4.47. The highest BCUT2D eigenvalue weighted by atomic mass is 16.5. The molecule has 98 valence electrons. The van der Waals surface area contributed by atoms with Gasteiger partial charge in [0.1, 0.15) is 18.2 Å². The van der Waals surface area contributed by atoms with Crippen molar-refractivity contribution in [3.05, 3.63) is 35.8 Å². The first-order valence-corrected chi connectivity index (χ1v) is 6.25. The summed E-state index contributed by atoms with van der Waals surface area (Å²) < 4.78 is 6.64. The lowest BCUT2D eigenvalue weighted by Gasteiger charge is -2.14. The van der Waals surface area contributed by atoms with E-state index in [1.165, 1.54) is 19.6 Å². The average Bonchev–Trinajstić information content (AvgIpc) is 2.90. The molecule has 3 rings (SSSR count). The molecule has 19 heavy (non-hydrogen) atoms. The smallest absolute Gasteiger partial charge is 0.343 e. The predicted molar refractivity (Wildman–Crippen MR) is 67.1 cm³/mol. The molecule has 1 aliphatic rings. The molecule has 6 nitrogen and oxygen atoms in total. The molecule has 0 aromatic carbocycles. The largest absolute Gasteiger partial charge is 0.465 e. The minimum Gasteiger partial charge on any atom is -0.465 e. The topological polar surface area (TPSA) is 69.9 Å². The summed E-state index contributed by atoms with van der Waals surface area (Å²) in [5.41, 5.74) is 2.59. The number of hydrogen-bond donors (Lipinski definition) is 0. The van der Waals surface area contributed by atoms with Gasteiger partial charge < -0.3 is 4.74 Å². The standard InChI is InChI=1S/C13H14N4O2/c1-19-13(18)9-6-14-7-15-12(9)17-8-16-10-4-2-3-5-11(10)17/h6-8H,2-5H2,1H3. The first-order chi connectivity index (χ1) is 9.31. The summed E-state index contributed by atoms with van der Waals surface area (Å²) >= 11 is 0. The van der Waals surface area contributed by atoms with Crippen molar-refractivity contribution in [2.75, 3.05) is 7.11 Å². The Morgan fingerprint density at radius 1 is 1.32 bits per heavy atom. The molecular formula is C13H14N4O2. The number of imidazole rings is 1. The Balaban J connectivity index is 2.12. The molecule has 2 heterocycles. The van der Waals surface area contributed by atoms with Gasteiger partial charge in [-0.15, -0.1) is 0 Å². The average molecular weight is 258 g/mol. The molecule has 0 atom stereocenters. The lowest BCUT2D eigenvalue weighted by atomic mass is 10.0. The van der Waals surface area contributed by atoms with E-state index in [-0.39, 0.29) is 0 Å². The lowest BCUT2D eigenvalue weighted by molar-refractivity contribution is 0.0599. The molecule has 0 spiro atoms. The fourth-order valence-electron chi connectivity index (χ4n) is 2.42. The van der Waals surface area contributed by atoms with Crippen molar-refractivity contribution in [3.63, 3.8) is 0 Å². The molecule has 0 amide bonds. The van der Waals surface area contributed by atoms with E-state index >= 15 is 0 Å². The van der Waals surface area contributed by atoms with Gasteiger partial charge in [-0.25, -0.2) is 19.7 Å². The molecule has 0 radical (unpaired) electrons. The van der Waals surface area contributed by atoms with Crippen molar-refractivity contribution < 1.29 is 9.53 Å². The van der Waals surface area contributed by atoms with E-state index < -0.39 is 5.97 Å². The number of carbonyl (C=O) groups is 1. The van der Waals surface area contributed by atoms with Gasteiger partial charge in [-0.2, -0.15) is 0 Å². The van der Waals surface area contributed by atoms with E-state index in [1.54, 1.807) is 6.33 Å². The van der Waals surface area contributed by atoms with Crippen LogP contribution in [0.4, 0.5) is 0 Å². The van der Waals surface area contributed by atoms with Gasteiger partial charge in [0, 0.05) is 11.9 Å². The summed E-state index contributed by atoms with van der Waals surface area (Å²) in [7, 11) is 1.35. The third-order valence-corrected chi connectivity index (χ3v) is 3.35. The maximum absolute atomic E-state index is 11.8. The summed E-state index contributed by atoms with van der Waals surface area (Å²) in [5.74, 6) is 0.103. The third-order valence-electron chi connectivity index (χ3n) is 3.35. The molecule has 0 unspecified atom stereocenters. The van der Waals surface area contributed by atoms with Crippen LogP contribution in [0, 0.1) is 0 Å². The number of aromatic nitrogens is 4. The van der Waals surface area contributed by atoms with Crippen LogP contribution in [0.1, 0.15) is 34.6 Å². The Kier molecular flexibility index (Phi) is 2.98. The van der Waals surface area contributed by atoms with Gasteiger partial charge in [0.25, 0.3) is 0 Å². The van der Waals surface area contributed by atoms with Gasteiger partial charge in [0.2, 0.25) is 0 Å². The number of esters is 1. The Morgan fingerprint density at radius 3 is 3.00 bits per heavy atom. The maximum Gasteiger partial charge on any atom is 0.343 e. The van der Waals surface area contributed by atoms with E-state index in [1.807, 2.05) is 4.57 Å². The molecule has 0 N–H and O–H groups in total. The van der Waals surface area contributed by atoms with Gasteiger partial charge in [-0.1, -0.05) is 0 Å². The van der Waals surface area contributed by atoms with Crippen LogP contribution in [-0.2, 0) is 17.6 Å². The van der Waals surface area contributed by atoms with E-state index in [2.05, 4.69) is 15.0 Å². The number of fused-ring (bicyclic) bond motifs is 1. The minimum atomic E-state index is -0.436. The van der Waals surface area contributed by atoms with E-state index in [9.17, 15) is 4.79 Å². The van der Waals surface area contributed by atoms with E-state index in [4.69, 9.17) is 4.74 Å². The summed E-state index contributed by atoms with van der Waals surface area (Å²) in [4.78, 5) is 24.3. The number of methoxy groups -OCH3 is 1. The first kappa shape index (κ1) is 11.8. The molecule has 0 bridgehead atoms. The summed E-state index contributed by atoms with van der Waals surface area (Å²) in [5, 5.41) is 0. The fraction of sp³-hybridized carbons (Fsp3) is 0.385. The van der Waals surface area contributed by atoms with E-state index in [0.29, 0.717) is 11.4 Å². The highest BCUT2D eigenvalue weighted by molar-refractivity contribution is 5.92. The number of aryl methyl sites for hydroxylation is 1. The SMILES string of the molecule is COC(=O)c1cncnc1-n1cnc2c1CCCC2. The number of rotatable bonds is 2. The normalized spacial score (nSPS) is 13.9. The minimum absolute atomic E-state index is 0.357. The molecular weight excluding hydrogens is 244 g/mol. The molecule has 0 saturated carbocycles. The lowest BCUT2D eigenvalue weighted by Crippen LogP contribution is -2.13. The maximum atomic E-state index is 11.8. The van der Waals surface area contributed by atoms with Crippen LogP contribution < -0.4 is 0 Å². The van der Waals surface area contributed by atoms with E-state index in [0.717, 1.165) is 37.1 Å². The summed E-state index contributed by atoms with van der Waals surface area (Å²) in [6.07, 6.45) is 8.88. The van der Waals surface area contributed by atoms with Crippen molar-refractivity contribution in [2.45, 2.75) is 25.7 Å². The molecule has 0 fully saturated rings. The highest BCUT2D eigenvalue weighted by Gasteiger charge is 2.21. The van der Waals surface area contributed by atoms with Crippen LogP contribution in [-0.4, -0.2) is 32.6 Å². The van der Waals surface area contributed by atoms with Crippen LogP contribution in [0.2, 0.25) is 0 Å². The first-order valence-electron chi connectivity index (χ1n) is 6.25. The van der Waals surface area contributed by atoms with Gasteiger partial charge >= 0.3 is 5.97 Å². The van der Waals surface area contributed by atoms with Crippen molar-refractivity contribution in [1.82, 2.24) is 19.5 Å². The van der Waals surface area contributed by atoms with Gasteiger partial charge in [0.15, 0.2) is 5.82 Å². The van der Waals surface area contributed by atoms with Crippen LogP contribution in [0.25, 0.3) is 5.82 Å². The van der Waals surface area contributed by atoms with Crippen molar-refractivity contribution in [1.29, 1.82) is 0 Å². The Hall–Kier alpha value is -2.24. The van der Waals surface area contributed by atoms with Crippen LogP contribution >= 0.6 is 0 Å². The van der Waals surface area contributed by atoms with Crippen molar-refractivity contribution >= 4 is 5.97 Å². The molecule has 0 aliphatic heterocycles.